The molecule has 1 amide bonds. The Hall–Kier alpha value is -2.45. The van der Waals surface area contributed by atoms with Crippen molar-refractivity contribution in [1.29, 1.82) is 0 Å². The molecule has 2 aromatic rings. The molecule has 0 aliphatic rings. The van der Waals surface area contributed by atoms with E-state index < -0.39 is 21.9 Å². The van der Waals surface area contributed by atoms with E-state index in [2.05, 4.69) is 17.0 Å². The molecule has 2 rings (SSSR count). The van der Waals surface area contributed by atoms with Crippen LogP contribution in [-0.4, -0.2) is 28.0 Å². The first-order valence-corrected chi connectivity index (χ1v) is 12.0. The third kappa shape index (κ3) is 8.30. The molecule has 2 N–H and O–H groups in total. The van der Waals surface area contributed by atoms with Gasteiger partial charge in [-0.05, 0) is 48.4 Å². The third-order valence-electron chi connectivity index (χ3n) is 4.93. The number of sulfonamides is 1. The molecule has 8 heteroatoms. The summed E-state index contributed by atoms with van der Waals surface area (Å²) in [6, 6.07) is 10.6. The van der Waals surface area contributed by atoms with Crippen LogP contribution < -0.4 is 14.8 Å². The van der Waals surface area contributed by atoms with Gasteiger partial charge >= 0.3 is 0 Å². The van der Waals surface area contributed by atoms with Crippen molar-refractivity contribution in [3.8, 4) is 5.75 Å². The third-order valence-corrected chi connectivity index (χ3v) is 6.42. The predicted molar refractivity (Wildman–Crippen MR) is 119 cm³/mol. The molecule has 0 bridgehead atoms. The van der Waals surface area contributed by atoms with Crippen LogP contribution in [0.2, 0.25) is 0 Å². The van der Waals surface area contributed by atoms with Crippen LogP contribution in [0, 0.1) is 5.82 Å². The largest absolute Gasteiger partial charge is 0.497 e. The van der Waals surface area contributed by atoms with E-state index in [9.17, 15) is 17.6 Å². The number of hydrogen-bond acceptors (Lipinski definition) is 4. The van der Waals surface area contributed by atoms with Crippen molar-refractivity contribution in [3.63, 3.8) is 0 Å². The van der Waals surface area contributed by atoms with Crippen molar-refractivity contribution in [2.24, 2.45) is 0 Å². The number of ether oxygens (including phenoxy) is 1. The van der Waals surface area contributed by atoms with Crippen molar-refractivity contribution >= 4 is 15.9 Å². The zero-order chi connectivity index (χ0) is 22.7. The molecule has 2 aromatic carbocycles. The maximum Gasteiger partial charge on any atom is 0.241 e. The van der Waals surface area contributed by atoms with E-state index >= 15 is 0 Å². The van der Waals surface area contributed by atoms with Crippen molar-refractivity contribution in [3.05, 3.63) is 59.9 Å². The van der Waals surface area contributed by atoms with Crippen LogP contribution in [0.5, 0.6) is 5.75 Å². The molecule has 0 spiro atoms. The topological polar surface area (TPSA) is 84.5 Å². The van der Waals surface area contributed by atoms with Crippen molar-refractivity contribution < 1.29 is 22.3 Å². The number of halogens is 1. The molecule has 170 valence electrons. The molecule has 0 fully saturated rings. The average Bonchev–Trinajstić information content (AvgIpc) is 2.76. The van der Waals surface area contributed by atoms with Crippen molar-refractivity contribution in [1.82, 2.24) is 10.0 Å². The van der Waals surface area contributed by atoms with Crippen LogP contribution >= 0.6 is 0 Å². The van der Waals surface area contributed by atoms with E-state index in [0.29, 0.717) is 17.9 Å². The molecule has 0 aromatic heterocycles. The Kier molecular flexibility index (Phi) is 9.94. The summed E-state index contributed by atoms with van der Waals surface area (Å²) in [6.07, 6.45) is 5.36. The summed E-state index contributed by atoms with van der Waals surface area (Å²) >= 11 is 0. The van der Waals surface area contributed by atoms with Crippen LogP contribution in [0.25, 0.3) is 0 Å². The second kappa shape index (κ2) is 12.4. The lowest BCUT2D eigenvalue weighted by atomic mass is 10.0. The smallest absolute Gasteiger partial charge is 0.241 e. The zero-order valence-corrected chi connectivity index (χ0v) is 18.9. The van der Waals surface area contributed by atoms with Crippen LogP contribution in [0.4, 0.5) is 4.39 Å². The van der Waals surface area contributed by atoms with E-state index in [1.165, 1.54) is 25.7 Å². The first-order valence-electron chi connectivity index (χ1n) is 10.5. The standard InChI is InChI=1S/C23H31FN2O4S/c1-3-4-5-6-7-16-25-23(27)17-22(18-8-12-20(30-2)13-9-18)26-31(28,29)21-14-10-19(24)11-15-21/h8-15,22,26H,3-7,16-17H2,1-2H3,(H,25,27). The number of hydrogen-bond donors (Lipinski definition) is 2. The van der Waals surface area contributed by atoms with E-state index in [4.69, 9.17) is 4.74 Å². The fraction of sp³-hybridized carbons (Fsp3) is 0.435. The Morgan fingerprint density at radius 3 is 2.26 bits per heavy atom. The summed E-state index contributed by atoms with van der Waals surface area (Å²) < 4.78 is 46.5. The Bertz CT molecular complexity index is 916. The molecule has 31 heavy (non-hydrogen) atoms. The van der Waals surface area contributed by atoms with Crippen LogP contribution in [0.1, 0.15) is 57.1 Å². The Balaban J connectivity index is 2.09. The molecule has 6 nitrogen and oxygen atoms in total. The average molecular weight is 451 g/mol. The highest BCUT2D eigenvalue weighted by Gasteiger charge is 2.24. The lowest BCUT2D eigenvalue weighted by molar-refractivity contribution is -0.121. The minimum absolute atomic E-state index is 0.0539. The molecule has 0 saturated heterocycles. The number of methoxy groups -OCH3 is 1. The normalized spacial score (nSPS) is 12.4. The lowest BCUT2D eigenvalue weighted by Crippen LogP contribution is -2.34. The summed E-state index contributed by atoms with van der Waals surface area (Å²) in [5.74, 6) is -0.137. The van der Waals surface area contributed by atoms with Gasteiger partial charge in [-0.25, -0.2) is 17.5 Å². The number of benzene rings is 2. The monoisotopic (exact) mass is 450 g/mol. The predicted octanol–water partition coefficient (Wildman–Crippen LogP) is 4.33. The molecular weight excluding hydrogens is 419 g/mol. The highest BCUT2D eigenvalue weighted by Crippen LogP contribution is 2.23. The minimum Gasteiger partial charge on any atom is -0.497 e. The van der Waals surface area contributed by atoms with Gasteiger partial charge in [0.2, 0.25) is 15.9 Å². The van der Waals surface area contributed by atoms with Gasteiger partial charge in [-0.15, -0.1) is 0 Å². The van der Waals surface area contributed by atoms with Gasteiger partial charge in [-0.1, -0.05) is 44.7 Å². The van der Waals surface area contributed by atoms with E-state index in [1.807, 2.05) is 0 Å². The van der Waals surface area contributed by atoms with Crippen LogP contribution in [0.15, 0.2) is 53.4 Å². The Morgan fingerprint density at radius 1 is 1.00 bits per heavy atom. The SMILES string of the molecule is CCCCCCCNC(=O)CC(NS(=O)(=O)c1ccc(F)cc1)c1ccc(OC)cc1. The maximum atomic E-state index is 13.2. The fourth-order valence-corrected chi connectivity index (χ4v) is 4.37. The van der Waals surface area contributed by atoms with Crippen molar-refractivity contribution in [2.75, 3.05) is 13.7 Å². The van der Waals surface area contributed by atoms with Gasteiger partial charge in [0.15, 0.2) is 0 Å². The van der Waals surface area contributed by atoms with Gasteiger partial charge < -0.3 is 10.1 Å². The van der Waals surface area contributed by atoms with E-state index in [1.54, 1.807) is 24.3 Å². The van der Waals surface area contributed by atoms with Crippen molar-refractivity contribution in [2.45, 2.75) is 56.4 Å². The lowest BCUT2D eigenvalue weighted by Gasteiger charge is -2.19. The Morgan fingerprint density at radius 2 is 1.65 bits per heavy atom. The van der Waals surface area contributed by atoms with Crippen LogP contribution in [-0.2, 0) is 14.8 Å². The number of carbonyl (C=O) groups excluding carboxylic acids is 1. The quantitative estimate of drug-likeness (QED) is 0.445. The summed E-state index contributed by atoms with van der Waals surface area (Å²) in [4.78, 5) is 12.4. The maximum absolute atomic E-state index is 13.2. The van der Waals surface area contributed by atoms with E-state index in [-0.39, 0.29) is 17.2 Å². The molecule has 1 atom stereocenters. The highest BCUT2D eigenvalue weighted by molar-refractivity contribution is 7.89. The van der Waals surface area contributed by atoms with Gasteiger partial charge in [0.25, 0.3) is 0 Å². The second-order valence-corrected chi connectivity index (χ2v) is 9.08. The fourth-order valence-electron chi connectivity index (χ4n) is 3.15. The molecule has 0 saturated carbocycles. The van der Waals surface area contributed by atoms with Gasteiger partial charge in [0.05, 0.1) is 18.0 Å². The molecule has 1 unspecified atom stereocenters. The van der Waals surface area contributed by atoms with Gasteiger partial charge in [0, 0.05) is 13.0 Å². The summed E-state index contributed by atoms with van der Waals surface area (Å²) in [6.45, 7) is 2.71. The summed E-state index contributed by atoms with van der Waals surface area (Å²) in [5.41, 5.74) is 0.629. The van der Waals surface area contributed by atoms with Gasteiger partial charge in [-0.2, -0.15) is 0 Å². The van der Waals surface area contributed by atoms with Gasteiger partial charge in [0.1, 0.15) is 11.6 Å². The second-order valence-electron chi connectivity index (χ2n) is 7.37. The number of nitrogens with one attached hydrogen (secondary N) is 2. The number of carbonyl (C=O) groups is 1. The van der Waals surface area contributed by atoms with E-state index in [0.717, 1.165) is 37.8 Å². The molecule has 0 radical (unpaired) electrons. The van der Waals surface area contributed by atoms with Crippen LogP contribution in [0.3, 0.4) is 0 Å². The summed E-state index contributed by atoms with van der Waals surface area (Å²) in [5, 5.41) is 2.87. The summed E-state index contributed by atoms with van der Waals surface area (Å²) in [7, 11) is -2.41. The molecule has 0 aliphatic heterocycles. The minimum atomic E-state index is -3.95. The molecule has 0 aliphatic carbocycles. The number of amides is 1. The number of unbranched alkanes of at least 4 members (excludes halogenated alkanes) is 4. The van der Waals surface area contributed by atoms with Gasteiger partial charge in [-0.3, -0.25) is 4.79 Å². The first-order chi connectivity index (χ1) is 14.9. The zero-order valence-electron chi connectivity index (χ0n) is 18.1. The molecule has 0 heterocycles. The first kappa shape index (κ1) is 24.8. The number of rotatable bonds is 13. The Labute approximate surface area is 184 Å². The highest BCUT2D eigenvalue weighted by atomic mass is 32.2. The molecular formula is C23H31FN2O4S.